The third-order valence-corrected chi connectivity index (χ3v) is 8.10. The van der Waals surface area contributed by atoms with E-state index in [4.69, 9.17) is 18.9 Å². The minimum Gasteiger partial charge on any atom is -0.490 e. The highest BCUT2D eigenvalue weighted by Gasteiger charge is 2.42. The third kappa shape index (κ3) is 7.18. The summed E-state index contributed by atoms with van der Waals surface area (Å²) in [7, 11) is 2.97. The number of hydrogen-bond donors (Lipinski definition) is 2. The van der Waals surface area contributed by atoms with Crippen LogP contribution in [0.4, 0.5) is 0 Å². The zero-order valence-corrected chi connectivity index (χ0v) is 24.1. The van der Waals surface area contributed by atoms with E-state index < -0.39 is 36.0 Å². The summed E-state index contributed by atoms with van der Waals surface area (Å²) >= 11 is 2.27. The first-order valence-electron chi connectivity index (χ1n) is 11.9. The van der Waals surface area contributed by atoms with Gasteiger partial charge in [0.15, 0.2) is 0 Å². The second kappa shape index (κ2) is 13.3. The normalized spacial score (nSPS) is 16.1. The van der Waals surface area contributed by atoms with Crippen LogP contribution in [0.3, 0.4) is 0 Å². The summed E-state index contributed by atoms with van der Waals surface area (Å²) in [6, 6.07) is 3.15. The summed E-state index contributed by atoms with van der Waals surface area (Å²) in [4.78, 5) is 49.7. The SMILES string of the molecule is C=C(C)C(=O)OCC(O)COc1ccc(OCC(O)COC(=O)C(=C)C)c2c1SC(=C1C(=O)N(C)N(C)C1=O)S2. The standard InChI is InChI=1S/C26H30N2O10S2/c1-13(2)24(33)37-11-15(29)9-35-17-7-8-18(36-10-16(30)12-38-25(34)14(3)4)21-20(17)39-26(40-21)19-22(31)27(5)28(6)23(19)32/h7-8,15-16,29-30H,1,3,9-12H2,2,4-6H3. The minimum absolute atomic E-state index is 0.00779. The molecule has 216 valence electrons. The van der Waals surface area contributed by atoms with E-state index in [-0.39, 0.29) is 43.1 Å². The first-order chi connectivity index (χ1) is 18.8. The van der Waals surface area contributed by atoms with Crippen LogP contribution in [-0.2, 0) is 28.7 Å². The number of fused-ring (bicyclic) bond motifs is 1. The van der Waals surface area contributed by atoms with Gasteiger partial charge in [-0.3, -0.25) is 19.6 Å². The molecule has 0 bridgehead atoms. The van der Waals surface area contributed by atoms with Gasteiger partial charge in [0.1, 0.15) is 55.7 Å². The maximum Gasteiger partial charge on any atom is 0.333 e. The Bertz CT molecular complexity index is 1190. The lowest BCUT2D eigenvalue weighted by atomic mass is 10.3. The summed E-state index contributed by atoms with van der Waals surface area (Å²) in [5.74, 6) is -1.55. The van der Waals surface area contributed by atoms with Crippen molar-refractivity contribution in [1.29, 1.82) is 0 Å². The van der Waals surface area contributed by atoms with E-state index in [2.05, 4.69) is 13.2 Å². The van der Waals surface area contributed by atoms with Crippen molar-refractivity contribution in [2.24, 2.45) is 0 Å². The molecule has 3 rings (SSSR count). The molecule has 2 amide bonds. The smallest absolute Gasteiger partial charge is 0.333 e. The van der Waals surface area contributed by atoms with Crippen LogP contribution in [0.15, 0.2) is 56.0 Å². The number of thioether (sulfide) groups is 2. The van der Waals surface area contributed by atoms with E-state index >= 15 is 0 Å². The molecule has 2 aliphatic rings. The Morgan fingerprint density at radius 2 is 1.18 bits per heavy atom. The maximum atomic E-state index is 12.8. The molecule has 0 saturated carbocycles. The summed E-state index contributed by atoms with van der Waals surface area (Å²) in [6.45, 7) is 8.89. The quantitative estimate of drug-likeness (QED) is 0.206. The molecule has 2 aliphatic heterocycles. The van der Waals surface area contributed by atoms with Crippen molar-refractivity contribution in [2.75, 3.05) is 40.5 Å². The Kier molecular flexibility index (Phi) is 10.3. The molecule has 0 aromatic heterocycles. The van der Waals surface area contributed by atoms with Crippen LogP contribution in [0.25, 0.3) is 0 Å². The Morgan fingerprint density at radius 3 is 1.52 bits per heavy atom. The molecule has 1 saturated heterocycles. The Labute approximate surface area is 239 Å². The average Bonchev–Trinajstić information content (AvgIpc) is 3.43. The van der Waals surface area contributed by atoms with Crippen LogP contribution >= 0.6 is 23.5 Å². The van der Waals surface area contributed by atoms with Gasteiger partial charge in [-0.05, 0) is 26.0 Å². The number of hydrogen-bond acceptors (Lipinski definition) is 12. The fourth-order valence-corrected chi connectivity index (χ4v) is 5.86. The highest BCUT2D eigenvalue weighted by Crippen LogP contribution is 2.59. The van der Waals surface area contributed by atoms with Gasteiger partial charge >= 0.3 is 11.9 Å². The van der Waals surface area contributed by atoms with Crippen molar-refractivity contribution in [3.8, 4) is 11.5 Å². The van der Waals surface area contributed by atoms with Crippen molar-refractivity contribution in [2.45, 2.75) is 35.8 Å². The van der Waals surface area contributed by atoms with E-state index in [1.165, 1.54) is 38.0 Å². The summed E-state index contributed by atoms with van der Waals surface area (Å²) < 4.78 is 21.9. The molecule has 0 spiro atoms. The molecule has 1 aromatic carbocycles. The van der Waals surface area contributed by atoms with Crippen LogP contribution in [0, 0.1) is 0 Å². The van der Waals surface area contributed by atoms with Gasteiger partial charge in [0.05, 0.1) is 14.0 Å². The highest BCUT2D eigenvalue weighted by atomic mass is 32.2. The van der Waals surface area contributed by atoms with Crippen LogP contribution < -0.4 is 9.47 Å². The molecule has 1 fully saturated rings. The molecular formula is C26H30N2O10S2. The molecule has 2 heterocycles. The number of carbonyl (C=O) groups is 4. The number of esters is 2. The second-order valence-corrected chi connectivity index (χ2v) is 11.2. The van der Waals surface area contributed by atoms with Gasteiger partial charge in [-0.1, -0.05) is 36.7 Å². The first-order valence-corrected chi connectivity index (χ1v) is 13.5. The van der Waals surface area contributed by atoms with Gasteiger partial charge in [0, 0.05) is 25.2 Å². The topological polar surface area (TPSA) is 152 Å². The largest absolute Gasteiger partial charge is 0.490 e. The highest BCUT2D eigenvalue weighted by molar-refractivity contribution is 8.25. The van der Waals surface area contributed by atoms with E-state index in [1.54, 1.807) is 12.1 Å². The monoisotopic (exact) mass is 594 g/mol. The lowest BCUT2D eigenvalue weighted by Gasteiger charge is -2.17. The second-order valence-electron chi connectivity index (χ2n) is 8.93. The molecule has 0 aliphatic carbocycles. The lowest BCUT2D eigenvalue weighted by Crippen LogP contribution is -2.33. The predicted octanol–water partition coefficient (Wildman–Crippen LogP) is 1.66. The van der Waals surface area contributed by atoms with Crippen molar-refractivity contribution >= 4 is 47.3 Å². The average molecular weight is 595 g/mol. The fraction of sp³-hybridized carbons (Fsp3) is 0.385. The van der Waals surface area contributed by atoms with Crippen LogP contribution in [0.2, 0.25) is 0 Å². The van der Waals surface area contributed by atoms with Gasteiger partial charge in [0.25, 0.3) is 11.8 Å². The number of hydrazine groups is 1. The van der Waals surface area contributed by atoms with Gasteiger partial charge in [-0.15, -0.1) is 0 Å². The van der Waals surface area contributed by atoms with Crippen molar-refractivity contribution in [3.05, 3.63) is 46.2 Å². The summed E-state index contributed by atoms with van der Waals surface area (Å²) in [5, 5.41) is 22.8. The van der Waals surface area contributed by atoms with Crippen LogP contribution in [-0.4, -0.2) is 96.7 Å². The zero-order chi connectivity index (χ0) is 29.7. The third-order valence-electron chi connectivity index (χ3n) is 5.47. The van der Waals surface area contributed by atoms with Crippen molar-refractivity contribution < 1.29 is 48.3 Å². The first kappa shape index (κ1) is 31.1. The number of aliphatic hydroxyl groups is 2. The number of nitrogens with zero attached hydrogens (tertiary/aromatic N) is 2. The van der Waals surface area contributed by atoms with Crippen molar-refractivity contribution in [1.82, 2.24) is 10.0 Å². The fourth-order valence-electron chi connectivity index (χ4n) is 3.18. The number of benzene rings is 1. The summed E-state index contributed by atoms with van der Waals surface area (Å²) in [5.41, 5.74) is 0.385. The molecule has 1 aromatic rings. The van der Waals surface area contributed by atoms with Gasteiger partial charge in [0.2, 0.25) is 0 Å². The number of rotatable bonds is 12. The number of likely N-dealkylation sites (N-methyl/N-ethyl adjacent to an activating group) is 2. The molecule has 2 atom stereocenters. The molecule has 2 N–H and O–H groups in total. The van der Waals surface area contributed by atoms with E-state index in [0.717, 1.165) is 23.5 Å². The Morgan fingerprint density at radius 1 is 0.800 bits per heavy atom. The molecule has 2 unspecified atom stereocenters. The molecular weight excluding hydrogens is 564 g/mol. The zero-order valence-electron chi connectivity index (χ0n) is 22.4. The Balaban J connectivity index is 1.80. The van der Waals surface area contributed by atoms with Crippen molar-refractivity contribution in [3.63, 3.8) is 0 Å². The number of amides is 2. The lowest BCUT2D eigenvalue weighted by molar-refractivity contribution is -0.143. The predicted molar refractivity (Wildman–Crippen MR) is 145 cm³/mol. The van der Waals surface area contributed by atoms with E-state index in [0.29, 0.717) is 25.5 Å². The van der Waals surface area contributed by atoms with E-state index in [1.807, 2.05) is 0 Å². The van der Waals surface area contributed by atoms with E-state index in [9.17, 15) is 29.4 Å². The van der Waals surface area contributed by atoms with Gasteiger partial charge in [-0.2, -0.15) is 0 Å². The maximum absolute atomic E-state index is 12.8. The van der Waals surface area contributed by atoms with Gasteiger partial charge < -0.3 is 29.2 Å². The van der Waals surface area contributed by atoms with Crippen LogP contribution in [0.5, 0.6) is 11.5 Å². The number of ether oxygens (including phenoxy) is 4. The van der Waals surface area contributed by atoms with Gasteiger partial charge in [-0.25, -0.2) is 9.59 Å². The molecule has 14 heteroatoms. The van der Waals surface area contributed by atoms with Crippen LogP contribution in [0.1, 0.15) is 13.8 Å². The number of carbonyl (C=O) groups excluding carboxylic acids is 4. The minimum atomic E-state index is -1.14. The molecule has 0 radical (unpaired) electrons. The summed E-state index contributed by atoms with van der Waals surface area (Å²) in [6.07, 6.45) is -2.27. The number of aliphatic hydroxyl groups excluding tert-OH is 2. The molecule has 12 nitrogen and oxygen atoms in total. The molecule has 40 heavy (non-hydrogen) atoms. The Hall–Kier alpha value is -3.46.